The van der Waals surface area contributed by atoms with Crippen molar-refractivity contribution in [2.45, 2.75) is 77.2 Å². The zero-order chi connectivity index (χ0) is 22.4. The number of carboxylic acids is 1. The molecule has 0 radical (unpaired) electrons. The van der Waals surface area contributed by atoms with Crippen molar-refractivity contribution in [3.8, 4) is 0 Å². The van der Waals surface area contributed by atoms with Gasteiger partial charge in [0.05, 0.1) is 29.6 Å². The molecule has 0 heterocycles. The Morgan fingerprint density at radius 1 is 1.13 bits per heavy atom. The number of nitrogens with one attached hydrogen (secondary N) is 1. The lowest BCUT2D eigenvalue weighted by atomic mass is 9.75. The molecule has 0 aromatic carbocycles. The highest BCUT2D eigenvalue weighted by atomic mass is 32.2. The average molecular weight is 446 g/mol. The third kappa shape index (κ3) is 6.96. The molecular weight excluding hydrogens is 410 g/mol. The van der Waals surface area contributed by atoms with Crippen molar-refractivity contribution in [1.82, 2.24) is 5.32 Å². The summed E-state index contributed by atoms with van der Waals surface area (Å²) in [5, 5.41) is 12.7. The maximum Gasteiger partial charge on any atom is 0.308 e. The first kappa shape index (κ1) is 24.6. The summed E-state index contributed by atoms with van der Waals surface area (Å²) in [5.74, 6) is -2.52. The first-order chi connectivity index (χ1) is 14.1. The van der Waals surface area contributed by atoms with Gasteiger partial charge in [-0.2, -0.15) is 0 Å². The van der Waals surface area contributed by atoms with Gasteiger partial charge in [-0.3, -0.25) is 14.4 Å². The van der Waals surface area contributed by atoms with Crippen molar-refractivity contribution in [3.63, 3.8) is 0 Å². The van der Waals surface area contributed by atoms with Gasteiger partial charge in [-0.1, -0.05) is 12.8 Å². The van der Waals surface area contributed by atoms with E-state index in [1.807, 2.05) is 0 Å². The van der Waals surface area contributed by atoms with Crippen molar-refractivity contribution in [2.24, 2.45) is 17.3 Å². The number of hydrogen-bond acceptors (Lipinski definition) is 6. The highest BCUT2D eigenvalue weighted by Crippen LogP contribution is 2.44. The number of carbonyl (C=O) groups is 3. The van der Waals surface area contributed by atoms with Crippen LogP contribution in [-0.2, 0) is 29.0 Å². The molecule has 30 heavy (non-hydrogen) atoms. The molecule has 2 aliphatic carbocycles. The first-order valence-corrected chi connectivity index (χ1v) is 13.0. The Labute approximate surface area is 179 Å². The van der Waals surface area contributed by atoms with E-state index in [0.717, 1.165) is 19.1 Å². The van der Waals surface area contributed by atoms with E-state index in [-0.39, 0.29) is 42.4 Å². The van der Waals surface area contributed by atoms with E-state index in [2.05, 4.69) is 5.32 Å². The number of aliphatic carboxylic acids is 1. The fourth-order valence-electron chi connectivity index (χ4n) is 4.79. The molecule has 0 aromatic rings. The van der Waals surface area contributed by atoms with Gasteiger partial charge >= 0.3 is 11.9 Å². The van der Waals surface area contributed by atoms with Crippen molar-refractivity contribution in [3.05, 3.63) is 0 Å². The van der Waals surface area contributed by atoms with Crippen LogP contribution in [0.15, 0.2) is 0 Å². The van der Waals surface area contributed by atoms with Gasteiger partial charge in [-0.05, 0) is 58.3 Å². The lowest BCUT2D eigenvalue weighted by molar-refractivity contribution is -0.149. The van der Waals surface area contributed by atoms with E-state index in [0.29, 0.717) is 45.1 Å². The van der Waals surface area contributed by atoms with E-state index in [9.17, 15) is 27.9 Å². The molecule has 2 N–H and O–H groups in total. The van der Waals surface area contributed by atoms with Gasteiger partial charge < -0.3 is 15.2 Å². The van der Waals surface area contributed by atoms with Gasteiger partial charge in [0.1, 0.15) is 9.84 Å². The van der Waals surface area contributed by atoms with Crippen LogP contribution in [0.1, 0.15) is 71.1 Å². The normalized spacial score (nSPS) is 24.7. The number of carbonyl (C=O) groups excluding carboxylic acids is 2. The van der Waals surface area contributed by atoms with Crippen LogP contribution in [0.3, 0.4) is 0 Å². The smallest absolute Gasteiger partial charge is 0.308 e. The average Bonchev–Trinajstić information content (AvgIpc) is 3.15. The molecule has 2 aliphatic rings. The number of rotatable bonds is 10. The van der Waals surface area contributed by atoms with E-state index in [1.165, 1.54) is 0 Å². The second-order valence-electron chi connectivity index (χ2n) is 8.92. The van der Waals surface area contributed by atoms with Crippen LogP contribution in [-0.4, -0.2) is 56.0 Å². The predicted octanol–water partition coefficient (Wildman–Crippen LogP) is 2.31. The van der Waals surface area contributed by atoms with Crippen LogP contribution in [0.5, 0.6) is 0 Å². The molecule has 1 atom stereocenters. The van der Waals surface area contributed by atoms with Crippen LogP contribution in [0, 0.1) is 17.3 Å². The standard InChI is InChI=1S/C21H35NO7S/c1-3-29-19(25)15-6-8-17(9-7-15)22-20(26)21(11-4-5-12-21)14-16(18(23)24)10-13-30(2,27)28/h15-17H,3-14H2,1-2H3,(H,22,26)(H,23,24)/t15-,16?,17+. The summed E-state index contributed by atoms with van der Waals surface area (Å²) in [6.45, 7) is 2.15. The zero-order valence-corrected chi connectivity index (χ0v) is 18.8. The topological polar surface area (TPSA) is 127 Å². The Morgan fingerprint density at radius 3 is 2.23 bits per heavy atom. The lowest BCUT2D eigenvalue weighted by Gasteiger charge is -2.34. The maximum atomic E-state index is 13.2. The fourth-order valence-corrected chi connectivity index (χ4v) is 5.50. The highest BCUT2D eigenvalue weighted by Gasteiger charge is 2.45. The number of sulfone groups is 1. The maximum absolute atomic E-state index is 13.2. The molecule has 9 heteroatoms. The summed E-state index contributed by atoms with van der Waals surface area (Å²) in [5.41, 5.74) is -0.751. The van der Waals surface area contributed by atoms with Gasteiger partial charge in [-0.25, -0.2) is 8.42 Å². The zero-order valence-electron chi connectivity index (χ0n) is 18.0. The van der Waals surface area contributed by atoms with Crippen molar-refractivity contribution in [1.29, 1.82) is 0 Å². The Kier molecular flexibility index (Phi) is 8.70. The van der Waals surface area contributed by atoms with Crippen molar-refractivity contribution in [2.75, 3.05) is 18.6 Å². The van der Waals surface area contributed by atoms with E-state index in [1.54, 1.807) is 6.92 Å². The van der Waals surface area contributed by atoms with Gasteiger partial charge in [0.15, 0.2) is 0 Å². The van der Waals surface area contributed by atoms with Crippen LogP contribution >= 0.6 is 0 Å². The molecule has 2 saturated carbocycles. The second-order valence-corrected chi connectivity index (χ2v) is 11.2. The van der Waals surface area contributed by atoms with Crippen LogP contribution in [0.25, 0.3) is 0 Å². The number of carboxylic acid groups (broad SMARTS) is 1. The van der Waals surface area contributed by atoms with Gasteiger partial charge in [0.25, 0.3) is 0 Å². The van der Waals surface area contributed by atoms with Crippen LogP contribution in [0.4, 0.5) is 0 Å². The Bertz CT molecular complexity index is 720. The molecule has 0 aromatic heterocycles. The number of esters is 1. The minimum atomic E-state index is -3.27. The number of ether oxygens (including phenoxy) is 1. The third-order valence-electron chi connectivity index (χ3n) is 6.55. The third-order valence-corrected chi connectivity index (χ3v) is 7.53. The minimum Gasteiger partial charge on any atom is -0.481 e. The Hall–Kier alpha value is -1.64. The molecule has 0 spiro atoms. The quantitative estimate of drug-likeness (QED) is 0.494. The molecule has 2 rings (SSSR count). The Morgan fingerprint density at radius 2 is 1.73 bits per heavy atom. The molecular formula is C21H35NO7S. The molecule has 0 bridgehead atoms. The van der Waals surface area contributed by atoms with E-state index >= 15 is 0 Å². The van der Waals surface area contributed by atoms with Gasteiger partial charge in [0.2, 0.25) is 5.91 Å². The minimum absolute atomic E-state index is 0.0217. The molecule has 1 unspecified atom stereocenters. The monoisotopic (exact) mass is 445 g/mol. The predicted molar refractivity (Wildman–Crippen MR) is 111 cm³/mol. The summed E-state index contributed by atoms with van der Waals surface area (Å²) >= 11 is 0. The first-order valence-electron chi connectivity index (χ1n) is 10.9. The summed E-state index contributed by atoms with van der Waals surface area (Å²) in [4.78, 5) is 36.8. The fraction of sp³-hybridized carbons (Fsp3) is 0.857. The molecule has 2 fully saturated rings. The largest absolute Gasteiger partial charge is 0.481 e. The number of hydrogen-bond donors (Lipinski definition) is 2. The lowest BCUT2D eigenvalue weighted by Crippen LogP contribution is -2.47. The van der Waals surface area contributed by atoms with Crippen LogP contribution < -0.4 is 5.32 Å². The van der Waals surface area contributed by atoms with Crippen molar-refractivity contribution >= 4 is 27.7 Å². The van der Waals surface area contributed by atoms with Gasteiger partial charge in [-0.15, -0.1) is 0 Å². The Balaban J connectivity index is 1.98. The van der Waals surface area contributed by atoms with Crippen LogP contribution in [0.2, 0.25) is 0 Å². The second kappa shape index (κ2) is 10.6. The summed E-state index contributed by atoms with van der Waals surface area (Å²) in [6, 6.07) is -0.0278. The molecule has 172 valence electrons. The SMILES string of the molecule is CCOC(=O)[C@H]1CC[C@@H](NC(=O)C2(CC(CCS(C)(=O)=O)C(=O)O)CCCC2)CC1. The van der Waals surface area contributed by atoms with E-state index < -0.39 is 27.1 Å². The molecule has 0 aliphatic heterocycles. The van der Waals surface area contributed by atoms with E-state index in [4.69, 9.17) is 4.74 Å². The van der Waals surface area contributed by atoms with Gasteiger partial charge in [0, 0.05) is 12.3 Å². The highest BCUT2D eigenvalue weighted by molar-refractivity contribution is 7.90. The molecule has 0 saturated heterocycles. The molecule has 8 nitrogen and oxygen atoms in total. The van der Waals surface area contributed by atoms with Crippen molar-refractivity contribution < 1.29 is 32.6 Å². The number of amides is 1. The molecule has 1 amide bonds. The summed E-state index contributed by atoms with van der Waals surface area (Å²) in [7, 11) is -3.27. The summed E-state index contributed by atoms with van der Waals surface area (Å²) in [6.07, 6.45) is 6.99. The summed E-state index contributed by atoms with van der Waals surface area (Å²) < 4.78 is 28.0.